The molecule has 0 aliphatic rings. The summed E-state index contributed by atoms with van der Waals surface area (Å²) in [5, 5.41) is 23.8. The van der Waals surface area contributed by atoms with Crippen LogP contribution in [-0.4, -0.2) is 50.3 Å². The van der Waals surface area contributed by atoms with Gasteiger partial charge in [-0.2, -0.15) is 5.10 Å². The summed E-state index contributed by atoms with van der Waals surface area (Å²) in [5.41, 5.74) is -1.23. The van der Waals surface area contributed by atoms with E-state index in [9.17, 15) is 20.0 Å². The molecular formula is C11H18N4O4. The summed E-state index contributed by atoms with van der Waals surface area (Å²) in [5.74, 6) is -0.286. The van der Waals surface area contributed by atoms with Crippen LogP contribution in [0.15, 0.2) is 12.4 Å². The van der Waals surface area contributed by atoms with Crippen LogP contribution in [0.4, 0.5) is 5.69 Å². The van der Waals surface area contributed by atoms with Crippen LogP contribution in [0.25, 0.3) is 0 Å². The van der Waals surface area contributed by atoms with E-state index in [0.717, 1.165) is 6.20 Å². The summed E-state index contributed by atoms with van der Waals surface area (Å²) in [4.78, 5) is 23.7. The Morgan fingerprint density at radius 2 is 2.26 bits per heavy atom. The summed E-state index contributed by atoms with van der Waals surface area (Å²) < 4.78 is 1.26. The molecule has 19 heavy (non-hydrogen) atoms. The molecule has 1 aromatic rings. The molecule has 8 nitrogen and oxygen atoms in total. The number of carbonyl (C=O) groups excluding carboxylic acids is 1. The molecule has 0 saturated carbocycles. The van der Waals surface area contributed by atoms with Crippen molar-refractivity contribution in [2.45, 2.75) is 32.4 Å². The van der Waals surface area contributed by atoms with Crippen molar-refractivity contribution < 1.29 is 14.8 Å². The highest BCUT2D eigenvalue weighted by atomic mass is 16.6. The van der Waals surface area contributed by atoms with E-state index in [1.807, 2.05) is 0 Å². The number of nitro groups is 1. The monoisotopic (exact) mass is 270 g/mol. The zero-order chi connectivity index (χ0) is 14.8. The van der Waals surface area contributed by atoms with Crippen molar-refractivity contribution in [1.82, 2.24) is 14.7 Å². The van der Waals surface area contributed by atoms with Gasteiger partial charge in [0.25, 0.3) is 0 Å². The van der Waals surface area contributed by atoms with E-state index in [4.69, 9.17) is 0 Å². The first kappa shape index (κ1) is 15.1. The molecule has 1 rings (SSSR count). The molecule has 0 bridgehead atoms. The number of aliphatic hydroxyl groups is 1. The molecule has 0 saturated heterocycles. The molecule has 1 N–H and O–H groups in total. The summed E-state index contributed by atoms with van der Waals surface area (Å²) in [7, 11) is 1.56. The van der Waals surface area contributed by atoms with Crippen LogP contribution >= 0.6 is 0 Å². The van der Waals surface area contributed by atoms with Crippen molar-refractivity contribution in [1.29, 1.82) is 0 Å². The van der Waals surface area contributed by atoms with Gasteiger partial charge in [0.15, 0.2) is 0 Å². The Morgan fingerprint density at radius 3 is 2.68 bits per heavy atom. The van der Waals surface area contributed by atoms with Crippen LogP contribution < -0.4 is 0 Å². The number of hydrogen-bond acceptors (Lipinski definition) is 5. The van der Waals surface area contributed by atoms with Crippen LogP contribution in [0, 0.1) is 10.1 Å². The maximum Gasteiger partial charge on any atom is 0.307 e. The second-order valence-corrected chi connectivity index (χ2v) is 4.99. The zero-order valence-electron chi connectivity index (χ0n) is 11.4. The largest absolute Gasteiger partial charge is 0.392 e. The summed E-state index contributed by atoms with van der Waals surface area (Å²) in [6.45, 7) is 5.00. The molecule has 8 heteroatoms. The molecule has 106 valence electrons. The fraction of sp³-hybridized carbons (Fsp3) is 0.636. The SMILES string of the molecule is CC(O)CN(C)C(=O)C(C)(C)n1cc([N+](=O)[O-])cn1. The number of hydrogen-bond donors (Lipinski definition) is 1. The smallest absolute Gasteiger partial charge is 0.307 e. The molecule has 1 atom stereocenters. The normalized spacial score (nSPS) is 13.1. The van der Waals surface area contributed by atoms with E-state index in [0.29, 0.717) is 0 Å². The molecule has 0 aliphatic heterocycles. The first-order chi connectivity index (χ1) is 8.66. The van der Waals surface area contributed by atoms with Gasteiger partial charge in [-0.05, 0) is 20.8 Å². The fourth-order valence-electron chi connectivity index (χ4n) is 1.76. The highest BCUT2D eigenvalue weighted by Gasteiger charge is 2.34. The first-order valence-corrected chi connectivity index (χ1v) is 5.79. The number of rotatable bonds is 5. The Hall–Kier alpha value is -1.96. The minimum atomic E-state index is -1.06. The molecule has 0 spiro atoms. The van der Waals surface area contributed by atoms with Gasteiger partial charge in [0.05, 0.1) is 11.0 Å². The van der Waals surface area contributed by atoms with Gasteiger partial charge >= 0.3 is 5.69 Å². The van der Waals surface area contributed by atoms with Crippen molar-refractivity contribution >= 4 is 11.6 Å². The molecule has 0 radical (unpaired) electrons. The van der Waals surface area contributed by atoms with Crippen molar-refractivity contribution in [3.63, 3.8) is 0 Å². The molecule has 1 unspecified atom stereocenters. The molecule has 0 aromatic carbocycles. The number of amides is 1. The van der Waals surface area contributed by atoms with E-state index in [-0.39, 0.29) is 18.1 Å². The van der Waals surface area contributed by atoms with E-state index >= 15 is 0 Å². The molecular weight excluding hydrogens is 252 g/mol. The number of carbonyl (C=O) groups is 1. The Bertz CT molecular complexity index is 481. The van der Waals surface area contributed by atoms with Crippen LogP contribution in [-0.2, 0) is 10.3 Å². The predicted octanol–water partition coefficient (Wildman–Crippen LogP) is 0.366. The predicted molar refractivity (Wildman–Crippen MR) is 67.5 cm³/mol. The van der Waals surface area contributed by atoms with Gasteiger partial charge in [-0.1, -0.05) is 0 Å². The second kappa shape index (κ2) is 5.35. The van der Waals surface area contributed by atoms with Gasteiger partial charge in [0.2, 0.25) is 5.91 Å². The molecule has 1 amide bonds. The number of likely N-dealkylation sites (N-methyl/N-ethyl adjacent to an activating group) is 1. The third-order valence-electron chi connectivity index (χ3n) is 2.76. The van der Waals surface area contributed by atoms with Crippen LogP contribution in [0.5, 0.6) is 0 Å². The minimum Gasteiger partial charge on any atom is -0.392 e. The lowest BCUT2D eigenvalue weighted by Gasteiger charge is -2.30. The van der Waals surface area contributed by atoms with E-state index < -0.39 is 16.6 Å². The van der Waals surface area contributed by atoms with Gasteiger partial charge in [-0.25, -0.2) is 0 Å². The lowest BCUT2D eigenvalue weighted by Crippen LogP contribution is -2.47. The van der Waals surface area contributed by atoms with Crippen molar-refractivity contribution in [3.8, 4) is 0 Å². The third kappa shape index (κ3) is 3.28. The zero-order valence-corrected chi connectivity index (χ0v) is 11.4. The highest BCUT2D eigenvalue weighted by molar-refractivity contribution is 5.83. The number of nitrogens with zero attached hydrogens (tertiary/aromatic N) is 4. The van der Waals surface area contributed by atoms with Crippen LogP contribution in [0.2, 0.25) is 0 Å². The van der Waals surface area contributed by atoms with Gasteiger partial charge in [0.1, 0.15) is 17.9 Å². The van der Waals surface area contributed by atoms with Crippen LogP contribution in [0.3, 0.4) is 0 Å². The maximum absolute atomic E-state index is 12.3. The van der Waals surface area contributed by atoms with Gasteiger partial charge in [-0.15, -0.1) is 0 Å². The Balaban J connectivity index is 2.95. The lowest BCUT2D eigenvalue weighted by molar-refractivity contribution is -0.385. The average Bonchev–Trinajstić information content (AvgIpc) is 2.76. The quantitative estimate of drug-likeness (QED) is 0.615. The number of aliphatic hydroxyl groups excluding tert-OH is 1. The summed E-state index contributed by atoms with van der Waals surface area (Å²) in [6.07, 6.45) is 1.68. The van der Waals surface area contributed by atoms with Crippen molar-refractivity contribution in [3.05, 3.63) is 22.5 Å². The molecule has 0 aliphatic carbocycles. The molecule has 1 heterocycles. The molecule has 1 aromatic heterocycles. The van der Waals surface area contributed by atoms with E-state index in [1.54, 1.807) is 27.8 Å². The average molecular weight is 270 g/mol. The summed E-state index contributed by atoms with van der Waals surface area (Å²) in [6, 6.07) is 0. The van der Waals surface area contributed by atoms with E-state index in [2.05, 4.69) is 5.10 Å². The maximum atomic E-state index is 12.3. The Labute approximate surface area is 110 Å². The lowest BCUT2D eigenvalue weighted by atomic mass is 10.0. The Morgan fingerprint density at radius 1 is 1.68 bits per heavy atom. The van der Waals surface area contributed by atoms with Crippen LogP contribution in [0.1, 0.15) is 20.8 Å². The van der Waals surface area contributed by atoms with E-state index in [1.165, 1.54) is 15.8 Å². The van der Waals surface area contributed by atoms with Gasteiger partial charge in [-0.3, -0.25) is 19.6 Å². The highest BCUT2D eigenvalue weighted by Crippen LogP contribution is 2.20. The molecule has 0 fully saturated rings. The van der Waals surface area contributed by atoms with Gasteiger partial charge in [0, 0.05) is 13.6 Å². The summed E-state index contributed by atoms with van der Waals surface area (Å²) >= 11 is 0. The van der Waals surface area contributed by atoms with Gasteiger partial charge < -0.3 is 10.0 Å². The standard InChI is InChI=1S/C11H18N4O4/c1-8(16)6-13(4)10(17)11(2,3)14-7-9(5-12-14)15(18)19/h5,7-8,16H,6H2,1-4H3. The topological polar surface area (TPSA) is 102 Å². The third-order valence-corrected chi connectivity index (χ3v) is 2.76. The van der Waals surface area contributed by atoms with Crippen molar-refractivity contribution in [2.24, 2.45) is 0 Å². The fourth-order valence-corrected chi connectivity index (χ4v) is 1.76. The minimum absolute atomic E-state index is 0.168. The first-order valence-electron chi connectivity index (χ1n) is 5.79. The van der Waals surface area contributed by atoms with Crippen molar-refractivity contribution in [2.75, 3.05) is 13.6 Å². The number of aromatic nitrogens is 2. The second-order valence-electron chi connectivity index (χ2n) is 4.99. The Kier molecular flexibility index (Phi) is 4.25.